The molecule has 0 amide bonds. The van der Waals surface area contributed by atoms with Gasteiger partial charge in [0.2, 0.25) is 0 Å². The molecule has 1 nitrogen and oxygen atoms in total. The van der Waals surface area contributed by atoms with Gasteiger partial charge in [-0.2, -0.15) is 11.8 Å². The zero-order valence-electron chi connectivity index (χ0n) is 9.18. The minimum absolute atomic E-state index is 0.800. The molecule has 0 saturated carbocycles. The molecule has 0 aromatic rings. The van der Waals surface area contributed by atoms with Crippen molar-refractivity contribution in [3.63, 3.8) is 0 Å². The number of thioether (sulfide) groups is 1. The summed E-state index contributed by atoms with van der Waals surface area (Å²) in [5.41, 5.74) is 0. The van der Waals surface area contributed by atoms with Gasteiger partial charge in [0.25, 0.3) is 0 Å². The third kappa shape index (κ3) is 3.90. The molecule has 0 radical (unpaired) electrons. The summed E-state index contributed by atoms with van der Waals surface area (Å²) in [6, 6.07) is 0.800. The average molecular weight is 201 g/mol. The SMILES string of the molecule is CCNC1CSCC1CCC(C)C. The third-order valence-electron chi connectivity index (χ3n) is 2.78. The molecule has 78 valence electrons. The summed E-state index contributed by atoms with van der Waals surface area (Å²) in [4.78, 5) is 0. The van der Waals surface area contributed by atoms with Gasteiger partial charge in [-0.05, 0) is 30.6 Å². The van der Waals surface area contributed by atoms with Crippen molar-refractivity contribution in [1.29, 1.82) is 0 Å². The Labute approximate surface area is 87.1 Å². The molecule has 2 unspecified atom stereocenters. The molecule has 0 aromatic heterocycles. The van der Waals surface area contributed by atoms with Crippen LogP contribution in [0, 0.1) is 11.8 Å². The van der Waals surface area contributed by atoms with E-state index in [0.29, 0.717) is 0 Å². The lowest BCUT2D eigenvalue weighted by molar-refractivity contribution is 0.378. The maximum absolute atomic E-state index is 3.60. The lowest BCUT2D eigenvalue weighted by Gasteiger charge is -2.20. The van der Waals surface area contributed by atoms with Crippen molar-refractivity contribution in [1.82, 2.24) is 5.32 Å². The van der Waals surface area contributed by atoms with Gasteiger partial charge in [0, 0.05) is 11.8 Å². The van der Waals surface area contributed by atoms with E-state index < -0.39 is 0 Å². The first-order valence-corrected chi connectivity index (χ1v) is 6.70. The molecular weight excluding hydrogens is 178 g/mol. The molecule has 1 saturated heterocycles. The average Bonchev–Trinajstić information content (AvgIpc) is 2.49. The van der Waals surface area contributed by atoms with E-state index in [0.717, 1.165) is 24.4 Å². The first-order chi connectivity index (χ1) is 6.24. The molecular formula is C11H23NS. The Balaban J connectivity index is 2.22. The molecule has 1 N–H and O–H groups in total. The summed E-state index contributed by atoms with van der Waals surface area (Å²) in [6.45, 7) is 7.99. The van der Waals surface area contributed by atoms with Crippen molar-refractivity contribution in [2.75, 3.05) is 18.1 Å². The van der Waals surface area contributed by atoms with Gasteiger partial charge in [0.05, 0.1) is 0 Å². The predicted octanol–water partition coefficient (Wildman–Crippen LogP) is 2.76. The second-order valence-electron chi connectivity index (χ2n) is 4.43. The van der Waals surface area contributed by atoms with E-state index in [9.17, 15) is 0 Å². The first-order valence-electron chi connectivity index (χ1n) is 5.55. The van der Waals surface area contributed by atoms with Gasteiger partial charge in [-0.25, -0.2) is 0 Å². The molecule has 0 aliphatic carbocycles. The van der Waals surface area contributed by atoms with Gasteiger partial charge < -0.3 is 5.32 Å². The molecule has 1 heterocycles. The predicted molar refractivity (Wildman–Crippen MR) is 62.4 cm³/mol. The normalized spacial score (nSPS) is 28.6. The Bertz CT molecular complexity index is 136. The van der Waals surface area contributed by atoms with Gasteiger partial charge >= 0.3 is 0 Å². The molecule has 1 aliphatic heterocycles. The molecule has 1 aliphatic rings. The lowest BCUT2D eigenvalue weighted by Crippen LogP contribution is -2.35. The lowest BCUT2D eigenvalue weighted by atomic mass is 9.94. The topological polar surface area (TPSA) is 12.0 Å². The minimum atomic E-state index is 0.800. The first kappa shape index (κ1) is 11.4. The summed E-state index contributed by atoms with van der Waals surface area (Å²) in [5, 5.41) is 3.60. The van der Waals surface area contributed by atoms with Crippen LogP contribution in [0.25, 0.3) is 0 Å². The standard InChI is InChI=1S/C11H23NS/c1-4-12-11-8-13-7-10(11)6-5-9(2)3/h9-12H,4-8H2,1-3H3. The van der Waals surface area contributed by atoms with Crippen LogP contribution in [0.2, 0.25) is 0 Å². The number of hydrogen-bond acceptors (Lipinski definition) is 2. The highest BCUT2D eigenvalue weighted by Crippen LogP contribution is 2.28. The van der Waals surface area contributed by atoms with Crippen LogP contribution in [-0.2, 0) is 0 Å². The summed E-state index contributed by atoms with van der Waals surface area (Å²) < 4.78 is 0. The van der Waals surface area contributed by atoms with E-state index in [2.05, 4.69) is 37.8 Å². The minimum Gasteiger partial charge on any atom is -0.313 e. The van der Waals surface area contributed by atoms with Crippen LogP contribution in [0.4, 0.5) is 0 Å². The van der Waals surface area contributed by atoms with Crippen LogP contribution in [-0.4, -0.2) is 24.1 Å². The number of rotatable bonds is 5. The quantitative estimate of drug-likeness (QED) is 0.734. The van der Waals surface area contributed by atoms with Gasteiger partial charge in [-0.15, -0.1) is 0 Å². The third-order valence-corrected chi connectivity index (χ3v) is 4.04. The number of nitrogens with one attached hydrogen (secondary N) is 1. The van der Waals surface area contributed by atoms with Crippen LogP contribution in [0.5, 0.6) is 0 Å². The van der Waals surface area contributed by atoms with Crippen molar-refractivity contribution in [2.24, 2.45) is 11.8 Å². The van der Waals surface area contributed by atoms with Crippen LogP contribution < -0.4 is 5.32 Å². The van der Waals surface area contributed by atoms with Crippen molar-refractivity contribution < 1.29 is 0 Å². The maximum atomic E-state index is 3.60. The van der Waals surface area contributed by atoms with E-state index in [1.165, 1.54) is 24.3 Å². The molecule has 1 fully saturated rings. The smallest absolute Gasteiger partial charge is 0.0194 e. The van der Waals surface area contributed by atoms with E-state index in [1.807, 2.05) is 0 Å². The summed E-state index contributed by atoms with van der Waals surface area (Å²) in [7, 11) is 0. The monoisotopic (exact) mass is 201 g/mol. The van der Waals surface area contributed by atoms with E-state index in [1.54, 1.807) is 0 Å². The Morgan fingerprint density at radius 3 is 2.77 bits per heavy atom. The Morgan fingerprint density at radius 2 is 2.15 bits per heavy atom. The fourth-order valence-corrected chi connectivity index (χ4v) is 3.40. The van der Waals surface area contributed by atoms with Crippen molar-refractivity contribution in [3.8, 4) is 0 Å². The van der Waals surface area contributed by atoms with Crippen molar-refractivity contribution in [3.05, 3.63) is 0 Å². The van der Waals surface area contributed by atoms with E-state index in [-0.39, 0.29) is 0 Å². The van der Waals surface area contributed by atoms with Crippen LogP contribution in [0.1, 0.15) is 33.6 Å². The Hall–Kier alpha value is 0.310. The van der Waals surface area contributed by atoms with E-state index >= 15 is 0 Å². The summed E-state index contributed by atoms with van der Waals surface area (Å²) in [6.07, 6.45) is 2.81. The van der Waals surface area contributed by atoms with Crippen molar-refractivity contribution >= 4 is 11.8 Å². The molecule has 0 spiro atoms. The van der Waals surface area contributed by atoms with Gasteiger partial charge in [0.1, 0.15) is 0 Å². The molecule has 2 atom stereocenters. The Morgan fingerprint density at radius 1 is 1.38 bits per heavy atom. The van der Waals surface area contributed by atoms with Crippen LogP contribution >= 0.6 is 11.8 Å². The van der Waals surface area contributed by atoms with Crippen LogP contribution in [0.3, 0.4) is 0 Å². The highest BCUT2D eigenvalue weighted by molar-refractivity contribution is 7.99. The maximum Gasteiger partial charge on any atom is 0.0194 e. The molecule has 0 aromatic carbocycles. The zero-order chi connectivity index (χ0) is 9.68. The molecule has 1 rings (SSSR count). The van der Waals surface area contributed by atoms with E-state index in [4.69, 9.17) is 0 Å². The second-order valence-corrected chi connectivity index (χ2v) is 5.51. The fraction of sp³-hybridized carbons (Fsp3) is 1.00. The number of hydrogen-bond donors (Lipinski definition) is 1. The zero-order valence-corrected chi connectivity index (χ0v) is 9.99. The molecule has 13 heavy (non-hydrogen) atoms. The summed E-state index contributed by atoms with van der Waals surface area (Å²) >= 11 is 2.12. The van der Waals surface area contributed by atoms with Crippen molar-refractivity contribution in [2.45, 2.75) is 39.7 Å². The highest BCUT2D eigenvalue weighted by atomic mass is 32.2. The van der Waals surface area contributed by atoms with Crippen LogP contribution in [0.15, 0.2) is 0 Å². The van der Waals surface area contributed by atoms with Gasteiger partial charge in [-0.3, -0.25) is 0 Å². The molecule has 2 heteroatoms. The van der Waals surface area contributed by atoms with Gasteiger partial charge in [-0.1, -0.05) is 27.2 Å². The highest BCUT2D eigenvalue weighted by Gasteiger charge is 2.26. The largest absolute Gasteiger partial charge is 0.313 e. The fourth-order valence-electron chi connectivity index (χ4n) is 1.92. The van der Waals surface area contributed by atoms with Gasteiger partial charge in [0.15, 0.2) is 0 Å². The molecule has 0 bridgehead atoms. The second kappa shape index (κ2) is 5.92. The Kier molecular flexibility index (Phi) is 5.18. The summed E-state index contributed by atoms with van der Waals surface area (Å²) in [5.74, 6) is 4.52.